The quantitative estimate of drug-likeness (QED) is 0.732. The van der Waals surface area contributed by atoms with Gasteiger partial charge in [-0.25, -0.2) is 0 Å². The summed E-state index contributed by atoms with van der Waals surface area (Å²) in [5.74, 6) is 0.00635. The Bertz CT molecular complexity index is 907. The molecule has 0 fully saturated rings. The number of hydrogen-bond acceptors (Lipinski definition) is 1. The molecular weight excluding hydrogens is 284 g/mol. The lowest BCUT2D eigenvalue weighted by molar-refractivity contribution is 0.0937. The summed E-state index contributed by atoms with van der Waals surface area (Å²) in [6.07, 6.45) is 2.02. The van der Waals surface area contributed by atoms with Gasteiger partial charge in [-0.3, -0.25) is 4.79 Å². The number of aromatic amines is 1. The zero-order valence-corrected chi connectivity index (χ0v) is 13.4. The molecule has 0 aliphatic heterocycles. The molecule has 2 aromatic carbocycles. The van der Waals surface area contributed by atoms with Crippen LogP contribution >= 0.6 is 0 Å². The third kappa shape index (κ3) is 2.33. The predicted molar refractivity (Wildman–Crippen MR) is 92.7 cm³/mol. The number of benzene rings is 2. The Morgan fingerprint density at radius 1 is 1.17 bits per heavy atom. The molecule has 3 heteroatoms. The lowest BCUT2D eigenvalue weighted by Crippen LogP contribution is -2.27. The highest BCUT2D eigenvalue weighted by atomic mass is 16.1. The molecule has 1 aromatic heterocycles. The number of aryl methyl sites for hydroxylation is 3. The standard InChI is InChI=1S/C20H20N2O/c1-12-13(2)21-19-10-8-15(11-17(12)19)20(23)22-18-9-7-14-5-3-4-6-16(14)18/h3-6,8,10-11,18,21H,7,9H2,1-2H3,(H,22,23). The minimum Gasteiger partial charge on any atom is -0.358 e. The summed E-state index contributed by atoms with van der Waals surface area (Å²) in [6.45, 7) is 4.15. The maximum atomic E-state index is 12.7. The molecule has 0 saturated heterocycles. The summed E-state index contributed by atoms with van der Waals surface area (Å²) in [5, 5.41) is 4.32. The molecule has 1 amide bonds. The second kappa shape index (κ2) is 5.27. The van der Waals surface area contributed by atoms with E-state index < -0.39 is 0 Å². The molecule has 2 N–H and O–H groups in total. The smallest absolute Gasteiger partial charge is 0.251 e. The van der Waals surface area contributed by atoms with Gasteiger partial charge in [0.2, 0.25) is 0 Å². The average molecular weight is 304 g/mol. The van der Waals surface area contributed by atoms with Gasteiger partial charge in [-0.15, -0.1) is 0 Å². The summed E-state index contributed by atoms with van der Waals surface area (Å²) >= 11 is 0. The van der Waals surface area contributed by atoms with E-state index in [0.717, 1.165) is 35.0 Å². The van der Waals surface area contributed by atoms with E-state index in [-0.39, 0.29) is 11.9 Å². The van der Waals surface area contributed by atoms with Crippen LogP contribution in [0.3, 0.4) is 0 Å². The Morgan fingerprint density at radius 2 is 2.00 bits per heavy atom. The molecule has 3 nitrogen and oxygen atoms in total. The first-order chi connectivity index (χ1) is 11.1. The van der Waals surface area contributed by atoms with Crippen molar-refractivity contribution in [3.8, 4) is 0 Å². The van der Waals surface area contributed by atoms with E-state index in [4.69, 9.17) is 0 Å². The number of carbonyl (C=O) groups excluding carboxylic acids is 1. The zero-order valence-electron chi connectivity index (χ0n) is 13.4. The van der Waals surface area contributed by atoms with Gasteiger partial charge in [-0.2, -0.15) is 0 Å². The number of amides is 1. The number of carbonyl (C=O) groups is 1. The second-order valence-corrected chi connectivity index (χ2v) is 6.40. The first-order valence-corrected chi connectivity index (χ1v) is 8.11. The number of rotatable bonds is 2. The second-order valence-electron chi connectivity index (χ2n) is 6.40. The lowest BCUT2D eigenvalue weighted by Gasteiger charge is -2.14. The van der Waals surface area contributed by atoms with Crippen molar-refractivity contribution in [2.45, 2.75) is 32.7 Å². The fourth-order valence-electron chi connectivity index (χ4n) is 3.55. The van der Waals surface area contributed by atoms with Crippen LogP contribution in [0.1, 0.15) is 45.2 Å². The van der Waals surface area contributed by atoms with Gasteiger partial charge in [0.05, 0.1) is 6.04 Å². The minimum absolute atomic E-state index is 0.00635. The van der Waals surface area contributed by atoms with Gasteiger partial charge in [0.15, 0.2) is 0 Å². The number of aromatic nitrogens is 1. The third-order valence-electron chi connectivity index (χ3n) is 5.01. The first kappa shape index (κ1) is 14.1. The van der Waals surface area contributed by atoms with Crippen LogP contribution in [-0.4, -0.2) is 10.9 Å². The average Bonchev–Trinajstić information content (AvgIpc) is 3.09. The zero-order chi connectivity index (χ0) is 16.0. The fraction of sp³-hybridized carbons (Fsp3) is 0.250. The summed E-state index contributed by atoms with van der Waals surface area (Å²) in [4.78, 5) is 16.0. The van der Waals surface area contributed by atoms with Crippen molar-refractivity contribution >= 4 is 16.8 Å². The van der Waals surface area contributed by atoms with Crippen molar-refractivity contribution in [1.29, 1.82) is 0 Å². The van der Waals surface area contributed by atoms with E-state index in [1.807, 2.05) is 24.3 Å². The monoisotopic (exact) mass is 304 g/mol. The van der Waals surface area contributed by atoms with E-state index in [1.54, 1.807) is 0 Å². The van der Waals surface area contributed by atoms with Crippen LogP contribution in [0.2, 0.25) is 0 Å². The van der Waals surface area contributed by atoms with Crippen LogP contribution < -0.4 is 5.32 Å². The van der Waals surface area contributed by atoms with Crippen molar-refractivity contribution in [2.24, 2.45) is 0 Å². The van der Waals surface area contributed by atoms with Gasteiger partial charge in [0, 0.05) is 22.2 Å². The van der Waals surface area contributed by atoms with Gasteiger partial charge in [-0.05, 0) is 61.6 Å². The largest absolute Gasteiger partial charge is 0.358 e. The lowest BCUT2D eigenvalue weighted by atomic mass is 10.1. The molecule has 0 bridgehead atoms. The number of H-pyrrole nitrogens is 1. The fourth-order valence-corrected chi connectivity index (χ4v) is 3.55. The van der Waals surface area contributed by atoms with Crippen molar-refractivity contribution in [3.05, 3.63) is 70.4 Å². The van der Waals surface area contributed by atoms with Crippen LogP contribution in [0.15, 0.2) is 42.5 Å². The van der Waals surface area contributed by atoms with Crippen LogP contribution in [0, 0.1) is 13.8 Å². The Morgan fingerprint density at radius 3 is 2.87 bits per heavy atom. The number of hydrogen-bond donors (Lipinski definition) is 2. The number of nitrogens with one attached hydrogen (secondary N) is 2. The van der Waals surface area contributed by atoms with Gasteiger partial charge in [0.25, 0.3) is 5.91 Å². The van der Waals surface area contributed by atoms with Crippen molar-refractivity contribution in [1.82, 2.24) is 10.3 Å². The third-order valence-corrected chi connectivity index (χ3v) is 5.01. The van der Waals surface area contributed by atoms with Crippen molar-refractivity contribution < 1.29 is 4.79 Å². The van der Waals surface area contributed by atoms with Crippen LogP contribution in [0.5, 0.6) is 0 Å². The van der Waals surface area contributed by atoms with Gasteiger partial charge in [-0.1, -0.05) is 24.3 Å². The topological polar surface area (TPSA) is 44.9 Å². The maximum absolute atomic E-state index is 12.7. The van der Waals surface area contributed by atoms with E-state index in [0.29, 0.717) is 0 Å². The van der Waals surface area contributed by atoms with Gasteiger partial charge >= 0.3 is 0 Å². The molecule has 1 atom stereocenters. The molecule has 4 rings (SSSR count). The summed E-state index contributed by atoms with van der Waals surface area (Å²) in [6, 6.07) is 14.4. The molecule has 3 aromatic rings. The molecule has 1 heterocycles. The van der Waals surface area contributed by atoms with Crippen molar-refractivity contribution in [2.75, 3.05) is 0 Å². The van der Waals surface area contributed by atoms with E-state index >= 15 is 0 Å². The minimum atomic E-state index is 0.00635. The summed E-state index contributed by atoms with van der Waals surface area (Å²) in [7, 11) is 0. The Balaban J connectivity index is 1.61. The highest BCUT2D eigenvalue weighted by Gasteiger charge is 2.23. The van der Waals surface area contributed by atoms with Crippen LogP contribution in [0.4, 0.5) is 0 Å². The first-order valence-electron chi connectivity index (χ1n) is 8.11. The van der Waals surface area contributed by atoms with E-state index in [1.165, 1.54) is 16.7 Å². The molecule has 0 spiro atoms. The van der Waals surface area contributed by atoms with Crippen LogP contribution in [-0.2, 0) is 6.42 Å². The number of fused-ring (bicyclic) bond motifs is 2. The normalized spacial score (nSPS) is 16.5. The molecule has 1 unspecified atom stereocenters. The highest BCUT2D eigenvalue weighted by molar-refractivity contribution is 5.99. The summed E-state index contributed by atoms with van der Waals surface area (Å²) in [5.41, 5.74) is 6.79. The SMILES string of the molecule is Cc1[nH]c2ccc(C(=O)NC3CCc4ccccc43)cc2c1C. The Labute approximate surface area is 135 Å². The molecule has 116 valence electrons. The Hall–Kier alpha value is -2.55. The molecule has 1 aliphatic rings. The molecule has 23 heavy (non-hydrogen) atoms. The maximum Gasteiger partial charge on any atom is 0.251 e. The summed E-state index contributed by atoms with van der Waals surface area (Å²) < 4.78 is 0. The van der Waals surface area contributed by atoms with E-state index in [2.05, 4.69) is 42.3 Å². The van der Waals surface area contributed by atoms with Gasteiger partial charge in [0.1, 0.15) is 0 Å². The van der Waals surface area contributed by atoms with E-state index in [9.17, 15) is 4.79 Å². The Kier molecular flexibility index (Phi) is 3.22. The molecule has 1 aliphatic carbocycles. The van der Waals surface area contributed by atoms with Crippen LogP contribution in [0.25, 0.3) is 10.9 Å². The van der Waals surface area contributed by atoms with Crippen molar-refractivity contribution in [3.63, 3.8) is 0 Å². The van der Waals surface area contributed by atoms with Gasteiger partial charge < -0.3 is 10.3 Å². The predicted octanol–water partition coefficient (Wildman–Crippen LogP) is 4.20. The molecular formula is C20H20N2O. The molecule has 0 radical (unpaired) electrons. The highest BCUT2D eigenvalue weighted by Crippen LogP contribution is 2.31. The molecule has 0 saturated carbocycles.